The van der Waals surface area contributed by atoms with Crippen LogP contribution in [0.15, 0.2) is 53.4 Å². The van der Waals surface area contributed by atoms with E-state index in [-0.39, 0.29) is 12.2 Å². The topological polar surface area (TPSA) is 40.9 Å². The predicted molar refractivity (Wildman–Crippen MR) is 82.0 cm³/mol. The Labute approximate surface area is 127 Å². The molecule has 100 valence electrons. The van der Waals surface area contributed by atoms with E-state index in [1.54, 1.807) is 17.8 Å². The Kier molecular flexibility index (Phi) is 5.23. The number of nitriles is 1. The second-order valence-corrected chi connectivity index (χ2v) is 5.60. The summed E-state index contributed by atoms with van der Waals surface area (Å²) in [5.41, 5.74) is 1.63. The van der Waals surface area contributed by atoms with E-state index < -0.39 is 0 Å². The first-order chi connectivity index (χ1) is 9.70. The monoisotopic (exact) mass is 301 g/mol. The fraction of sp³-hybridized carbons (Fsp3) is 0.125. The van der Waals surface area contributed by atoms with Crippen molar-refractivity contribution in [3.63, 3.8) is 0 Å². The van der Waals surface area contributed by atoms with Crippen molar-refractivity contribution in [1.29, 1.82) is 5.26 Å². The predicted octanol–water partition coefficient (Wildman–Crippen LogP) is 4.73. The number of hydrogen-bond donors (Lipinski definition) is 0. The molecule has 2 nitrogen and oxygen atoms in total. The second kappa shape index (κ2) is 7.14. The third kappa shape index (κ3) is 3.86. The van der Waals surface area contributed by atoms with Crippen LogP contribution in [0.1, 0.15) is 22.3 Å². The molecule has 0 radical (unpaired) electrons. The fourth-order valence-electron chi connectivity index (χ4n) is 1.73. The molecule has 0 aliphatic carbocycles. The summed E-state index contributed by atoms with van der Waals surface area (Å²) in [5, 5.41) is 9.29. The van der Waals surface area contributed by atoms with Crippen LogP contribution in [0.2, 0.25) is 5.02 Å². The van der Waals surface area contributed by atoms with Gasteiger partial charge in [-0.1, -0.05) is 41.9 Å². The highest BCUT2D eigenvalue weighted by atomic mass is 35.5. The smallest absolute Gasteiger partial charge is 0.176 e. The van der Waals surface area contributed by atoms with Crippen molar-refractivity contribution in [3.05, 3.63) is 64.7 Å². The molecule has 0 aliphatic rings. The minimum atomic E-state index is -0.142. The van der Waals surface area contributed by atoms with Crippen LogP contribution in [0.3, 0.4) is 0 Å². The van der Waals surface area contributed by atoms with Crippen molar-refractivity contribution in [1.82, 2.24) is 0 Å². The van der Waals surface area contributed by atoms with Gasteiger partial charge in [0.05, 0.1) is 17.5 Å². The van der Waals surface area contributed by atoms with E-state index in [4.69, 9.17) is 16.9 Å². The Morgan fingerprint density at radius 3 is 2.75 bits per heavy atom. The van der Waals surface area contributed by atoms with Crippen molar-refractivity contribution < 1.29 is 4.79 Å². The molecule has 0 saturated heterocycles. The average Bonchev–Trinajstić information content (AvgIpc) is 2.47. The van der Waals surface area contributed by atoms with Gasteiger partial charge in [-0.2, -0.15) is 5.26 Å². The van der Waals surface area contributed by atoms with Crippen molar-refractivity contribution >= 4 is 29.1 Å². The molecule has 0 N–H and O–H groups in total. The molecule has 2 aromatic rings. The molecule has 4 heteroatoms. The number of rotatable bonds is 5. The number of nitrogens with zero attached hydrogens (tertiary/aromatic N) is 1. The van der Waals surface area contributed by atoms with E-state index in [0.717, 1.165) is 21.2 Å². The van der Waals surface area contributed by atoms with Gasteiger partial charge in [-0.05, 0) is 23.8 Å². The summed E-state index contributed by atoms with van der Waals surface area (Å²) in [4.78, 5) is 12.7. The molecule has 0 heterocycles. The lowest BCUT2D eigenvalue weighted by Gasteiger charge is -2.05. The zero-order chi connectivity index (χ0) is 14.4. The zero-order valence-electron chi connectivity index (χ0n) is 10.7. The third-order valence-corrected chi connectivity index (χ3v) is 4.31. The SMILES string of the molecule is N#CCC(=O)c1cccc(CSc2ccccc2Cl)c1. The van der Waals surface area contributed by atoms with Crippen LogP contribution in [0, 0.1) is 11.3 Å². The molecule has 0 fully saturated rings. The summed E-state index contributed by atoms with van der Waals surface area (Å²) in [6.45, 7) is 0. The lowest BCUT2D eigenvalue weighted by atomic mass is 10.1. The van der Waals surface area contributed by atoms with Gasteiger partial charge in [0, 0.05) is 16.2 Å². The first kappa shape index (κ1) is 14.6. The first-order valence-corrected chi connectivity index (χ1v) is 7.43. The molecule has 2 rings (SSSR count). The summed E-state index contributed by atoms with van der Waals surface area (Å²) in [7, 11) is 0. The highest BCUT2D eigenvalue weighted by molar-refractivity contribution is 7.98. The van der Waals surface area contributed by atoms with Crippen LogP contribution in [0.5, 0.6) is 0 Å². The van der Waals surface area contributed by atoms with Gasteiger partial charge in [-0.25, -0.2) is 0 Å². The molecule has 2 aromatic carbocycles. The lowest BCUT2D eigenvalue weighted by Crippen LogP contribution is -1.97. The maximum atomic E-state index is 11.7. The molecule has 0 bridgehead atoms. The van der Waals surface area contributed by atoms with Crippen LogP contribution in [0.25, 0.3) is 0 Å². The van der Waals surface area contributed by atoms with Gasteiger partial charge in [-0.15, -0.1) is 11.8 Å². The normalized spacial score (nSPS) is 10.0. The highest BCUT2D eigenvalue weighted by Gasteiger charge is 2.06. The summed E-state index contributed by atoms with van der Waals surface area (Å²) in [6.07, 6.45) is -0.0822. The lowest BCUT2D eigenvalue weighted by molar-refractivity contribution is 0.0997. The quantitative estimate of drug-likeness (QED) is 0.592. The van der Waals surface area contributed by atoms with E-state index in [9.17, 15) is 4.79 Å². The standard InChI is InChI=1S/C16H12ClNOS/c17-14-6-1-2-7-16(14)20-11-12-4-3-5-13(10-12)15(19)8-9-18/h1-7,10H,8,11H2. The number of halogens is 1. The van der Waals surface area contributed by atoms with Gasteiger partial charge in [0.1, 0.15) is 0 Å². The summed E-state index contributed by atoms with van der Waals surface area (Å²) < 4.78 is 0. The van der Waals surface area contributed by atoms with E-state index in [1.807, 2.05) is 48.5 Å². The molecule has 20 heavy (non-hydrogen) atoms. The molecule has 0 amide bonds. The van der Waals surface area contributed by atoms with Crippen LogP contribution < -0.4 is 0 Å². The molecule has 0 aliphatic heterocycles. The molecular formula is C16H12ClNOS. The maximum Gasteiger partial charge on any atom is 0.176 e. The third-order valence-electron chi connectivity index (χ3n) is 2.72. The molecule has 0 atom stereocenters. The van der Waals surface area contributed by atoms with Crippen LogP contribution in [-0.4, -0.2) is 5.78 Å². The minimum Gasteiger partial charge on any atom is -0.293 e. The highest BCUT2D eigenvalue weighted by Crippen LogP contribution is 2.29. The van der Waals surface area contributed by atoms with Crippen LogP contribution in [-0.2, 0) is 5.75 Å². The number of carbonyl (C=O) groups is 1. The van der Waals surface area contributed by atoms with Gasteiger partial charge in [0.15, 0.2) is 5.78 Å². The Bertz CT molecular complexity index is 664. The Morgan fingerprint density at radius 2 is 2.00 bits per heavy atom. The van der Waals surface area contributed by atoms with Crippen molar-refractivity contribution in [2.45, 2.75) is 17.1 Å². The molecule has 0 spiro atoms. The van der Waals surface area contributed by atoms with Gasteiger partial charge in [-0.3, -0.25) is 4.79 Å². The van der Waals surface area contributed by atoms with E-state index in [2.05, 4.69) is 0 Å². The average molecular weight is 302 g/mol. The number of carbonyl (C=O) groups excluding carboxylic acids is 1. The van der Waals surface area contributed by atoms with Crippen LogP contribution in [0.4, 0.5) is 0 Å². The maximum absolute atomic E-state index is 11.7. The Morgan fingerprint density at radius 1 is 1.20 bits per heavy atom. The van der Waals surface area contributed by atoms with E-state index in [0.29, 0.717) is 5.56 Å². The van der Waals surface area contributed by atoms with Crippen molar-refractivity contribution in [2.24, 2.45) is 0 Å². The molecule has 0 saturated carbocycles. The minimum absolute atomic E-state index is 0.0822. The largest absolute Gasteiger partial charge is 0.293 e. The summed E-state index contributed by atoms with van der Waals surface area (Å²) in [5.74, 6) is 0.592. The molecule has 0 aromatic heterocycles. The fourth-order valence-corrected chi connectivity index (χ4v) is 2.91. The van der Waals surface area contributed by atoms with E-state index >= 15 is 0 Å². The van der Waals surface area contributed by atoms with Crippen molar-refractivity contribution in [2.75, 3.05) is 0 Å². The number of ketones is 1. The van der Waals surface area contributed by atoms with E-state index in [1.165, 1.54) is 0 Å². The molecule has 0 unspecified atom stereocenters. The summed E-state index contributed by atoms with van der Waals surface area (Å²) in [6, 6.07) is 16.9. The summed E-state index contributed by atoms with van der Waals surface area (Å²) >= 11 is 7.73. The number of Topliss-reactive ketones (excluding diaryl/α,β-unsaturated/α-hetero) is 1. The Hall–Kier alpha value is -1.76. The van der Waals surface area contributed by atoms with Gasteiger partial charge >= 0.3 is 0 Å². The second-order valence-electron chi connectivity index (χ2n) is 4.18. The number of benzene rings is 2. The number of hydrogen-bond acceptors (Lipinski definition) is 3. The molecular weight excluding hydrogens is 290 g/mol. The van der Waals surface area contributed by atoms with Gasteiger partial charge in [0.25, 0.3) is 0 Å². The number of thioether (sulfide) groups is 1. The zero-order valence-corrected chi connectivity index (χ0v) is 12.2. The van der Waals surface area contributed by atoms with Crippen molar-refractivity contribution in [3.8, 4) is 6.07 Å². The van der Waals surface area contributed by atoms with Gasteiger partial charge < -0.3 is 0 Å². The first-order valence-electron chi connectivity index (χ1n) is 6.07. The Balaban J connectivity index is 2.07. The van der Waals surface area contributed by atoms with Crippen LogP contribution >= 0.6 is 23.4 Å². The van der Waals surface area contributed by atoms with Gasteiger partial charge in [0.2, 0.25) is 0 Å².